The predicted octanol–water partition coefficient (Wildman–Crippen LogP) is 2.92. The van der Waals surface area contributed by atoms with Gasteiger partial charge in [0.2, 0.25) is 0 Å². The smallest absolute Gasteiger partial charge is 0.0386 e. The maximum atomic E-state index is 2.55. The number of nitrogens with zero attached hydrogens (tertiary/aromatic N) is 2. The number of fused-ring (bicyclic) bond motifs is 2. The lowest BCUT2D eigenvalue weighted by Crippen LogP contribution is -2.36. The van der Waals surface area contributed by atoms with Crippen LogP contribution in [0.15, 0.2) is 42.0 Å². The molecule has 1 aromatic rings. The fourth-order valence-corrected chi connectivity index (χ4v) is 3.33. The Labute approximate surface area is 110 Å². The minimum Gasteiger partial charge on any atom is -0.371 e. The van der Waals surface area contributed by atoms with Crippen LogP contribution in [0.3, 0.4) is 0 Å². The first-order valence-corrected chi connectivity index (χ1v) is 6.92. The van der Waals surface area contributed by atoms with Crippen molar-refractivity contribution in [2.24, 2.45) is 0 Å². The monoisotopic (exact) mass is 242 g/mol. The second kappa shape index (κ2) is 4.77. The predicted molar refractivity (Wildman–Crippen MR) is 77.0 cm³/mol. The summed E-state index contributed by atoms with van der Waals surface area (Å²) >= 11 is 0. The first kappa shape index (κ1) is 11.8. The highest BCUT2D eigenvalue weighted by molar-refractivity contribution is 5.46. The number of para-hydroxylation sites is 1. The van der Waals surface area contributed by atoms with Crippen molar-refractivity contribution in [2.45, 2.75) is 31.3 Å². The summed E-state index contributed by atoms with van der Waals surface area (Å²) in [6.45, 7) is 1.07. The molecule has 18 heavy (non-hydrogen) atoms. The molecule has 0 aromatic heterocycles. The number of hydrogen-bond donors (Lipinski definition) is 0. The van der Waals surface area contributed by atoms with Crippen LogP contribution in [-0.2, 0) is 0 Å². The van der Waals surface area contributed by atoms with E-state index in [1.54, 1.807) is 5.57 Å². The fraction of sp³-hybridized carbons (Fsp3) is 0.500. The van der Waals surface area contributed by atoms with Gasteiger partial charge in [-0.3, -0.25) is 4.90 Å². The van der Waals surface area contributed by atoms with E-state index in [9.17, 15) is 0 Å². The molecule has 96 valence electrons. The molecule has 2 bridgehead atoms. The third-order valence-corrected chi connectivity index (χ3v) is 4.46. The van der Waals surface area contributed by atoms with Crippen LogP contribution in [0.2, 0.25) is 0 Å². The third kappa shape index (κ3) is 2.17. The summed E-state index contributed by atoms with van der Waals surface area (Å²) in [6, 6.07) is 12.2. The molecule has 2 nitrogen and oxygen atoms in total. The van der Waals surface area contributed by atoms with E-state index >= 15 is 0 Å². The molecule has 0 N–H and O–H groups in total. The lowest BCUT2D eigenvalue weighted by molar-refractivity contribution is 0.254. The van der Waals surface area contributed by atoms with Crippen LogP contribution < -0.4 is 4.90 Å². The van der Waals surface area contributed by atoms with E-state index in [-0.39, 0.29) is 0 Å². The van der Waals surface area contributed by atoms with E-state index in [0.717, 1.165) is 12.6 Å². The fourth-order valence-electron chi connectivity index (χ4n) is 3.33. The Morgan fingerprint density at radius 3 is 2.72 bits per heavy atom. The molecule has 3 rings (SSSR count). The molecule has 2 aliphatic rings. The highest BCUT2D eigenvalue weighted by Crippen LogP contribution is 2.33. The summed E-state index contributed by atoms with van der Waals surface area (Å²) < 4.78 is 0. The van der Waals surface area contributed by atoms with E-state index < -0.39 is 0 Å². The lowest BCUT2D eigenvalue weighted by atomic mass is 10.0. The van der Waals surface area contributed by atoms with Crippen LogP contribution in [0.25, 0.3) is 0 Å². The van der Waals surface area contributed by atoms with E-state index in [1.807, 2.05) is 0 Å². The summed E-state index contributed by atoms with van der Waals surface area (Å²) in [5.41, 5.74) is 2.93. The van der Waals surface area contributed by atoms with Crippen molar-refractivity contribution in [1.82, 2.24) is 4.90 Å². The van der Waals surface area contributed by atoms with Gasteiger partial charge < -0.3 is 4.90 Å². The van der Waals surface area contributed by atoms with Gasteiger partial charge in [-0.1, -0.05) is 29.8 Å². The summed E-state index contributed by atoms with van der Waals surface area (Å²) in [7, 11) is 4.47. The maximum Gasteiger partial charge on any atom is 0.0386 e. The van der Waals surface area contributed by atoms with E-state index in [0.29, 0.717) is 6.04 Å². The van der Waals surface area contributed by atoms with Crippen LogP contribution in [0.1, 0.15) is 19.3 Å². The second-order valence-electron chi connectivity index (χ2n) is 5.68. The van der Waals surface area contributed by atoms with E-state index in [1.165, 1.54) is 24.9 Å². The molecule has 1 fully saturated rings. The van der Waals surface area contributed by atoms with Gasteiger partial charge in [0.05, 0.1) is 0 Å². The lowest BCUT2D eigenvalue weighted by Gasteiger charge is -2.32. The first-order chi connectivity index (χ1) is 8.74. The van der Waals surface area contributed by atoms with Crippen LogP contribution >= 0.6 is 0 Å². The van der Waals surface area contributed by atoms with Gasteiger partial charge in [0, 0.05) is 31.4 Å². The van der Waals surface area contributed by atoms with Gasteiger partial charge >= 0.3 is 0 Å². The van der Waals surface area contributed by atoms with Crippen molar-refractivity contribution in [3.05, 3.63) is 42.0 Å². The van der Waals surface area contributed by atoms with Gasteiger partial charge in [-0.25, -0.2) is 0 Å². The van der Waals surface area contributed by atoms with Crippen molar-refractivity contribution in [1.29, 1.82) is 0 Å². The van der Waals surface area contributed by atoms with Crippen molar-refractivity contribution < 1.29 is 0 Å². The average molecular weight is 242 g/mol. The standard InChI is InChI=1S/C16H22N2/c1-17(14-6-4-3-5-7-14)12-13-10-15-8-9-16(11-13)18(15)2/h3-7,10,15-16H,8-9,11-12H2,1-2H3. The molecule has 2 aliphatic heterocycles. The topological polar surface area (TPSA) is 6.48 Å². The number of anilines is 1. The number of rotatable bonds is 3. The number of likely N-dealkylation sites (N-methyl/N-ethyl adjacent to an activating group) is 2. The third-order valence-electron chi connectivity index (χ3n) is 4.46. The molecule has 1 saturated heterocycles. The van der Waals surface area contributed by atoms with E-state index in [2.05, 4.69) is 60.3 Å². The van der Waals surface area contributed by atoms with Gasteiger partial charge in [-0.2, -0.15) is 0 Å². The van der Waals surface area contributed by atoms with Crippen LogP contribution in [-0.4, -0.2) is 37.6 Å². The van der Waals surface area contributed by atoms with Gasteiger partial charge in [0.15, 0.2) is 0 Å². The first-order valence-electron chi connectivity index (χ1n) is 6.92. The van der Waals surface area contributed by atoms with Crippen LogP contribution in [0, 0.1) is 0 Å². The van der Waals surface area contributed by atoms with Gasteiger partial charge in [-0.05, 0) is 38.4 Å². The maximum absolute atomic E-state index is 2.55. The number of benzene rings is 1. The van der Waals surface area contributed by atoms with Gasteiger partial charge in [0.25, 0.3) is 0 Å². The molecule has 2 heterocycles. The molecule has 2 heteroatoms. The molecule has 0 amide bonds. The minimum absolute atomic E-state index is 0.697. The Balaban J connectivity index is 1.69. The summed E-state index contributed by atoms with van der Waals surface area (Å²) in [6.07, 6.45) is 6.48. The zero-order valence-electron chi connectivity index (χ0n) is 11.3. The van der Waals surface area contributed by atoms with Crippen LogP contribution in [0.5, 0.6) is 0 Å². The molecular formula is C16H22N2. The Hall–Kier alpha value is -1.28. The molecule has 2 unspecified atom stereocenters. The van der Waals surface area contributed by atoms with E-state index in [4.69, 9.17) is 0 Å². The van der Waals surface area contributed by atoms with Crippen LogP contribution in [0.4, 0.5) is 5.69 Å². The SMILES string of the molecule is CN(CC1=CC2CCC(C1)N2C)c1ccccc1. The molecule has 0 aliphatic carbocycles. The number of hydrogen-bond acceptors (Lipinski definition) is 2. The molecule has 0 saturated carbocycles. The molecule has 2 atom stereocenters. The zero-order chi connectivity index (χ0) is 12.5. The Morgan fingerprint density at radius 2 is 2.00 bits per heavy atom. The van der Waals surface area contributed by atoms with Crippen molar-refractivity contribution >= 4 is 5.69 Å². The quantitative estimate of drug-likeness (QED) is 0.752. The minimum atomic E-state index is 0.697. The Kier molecular flexibility index (Phi) is 3.13. The summed E-state index contributed by atoms with van der Waals surface area (Å²) in [5, 5.41) is 0. The normalized spacial score (nSPS) is 27.1. The highest BCUT2D eigenvalue weighted by atomic mass is 15.2. The molecule has 0 radical (unpaired) electrons. The largest absolute Gasteiger partial charge is 0.371 e. The summed E-state index contributed by atoms with van der Waals surface area (Å²) in [5.74, 6) is 0. The highest BCUT2D eigenvalue weighted by Gasteiger charge is 2.33. The second-order valence-corrected chi connectivity index (χ2v) is 5.68. The summed E-state index contributed by atoms with van der Waals surface area (Å²) in [4.78, 5) is 4.91. The average Bonchev–Trinajstić information content (AvgIpc) is 2.63. The molecule has 1 aromatic carbocycles. The van der Waals surface area contributed by atoms with Gasteiger partial charge in [-0.15, -0.1) is 0 Å². The van der Waals surface area contributed by atoms with Gasteiger partial charge in [0.1, 0.15) is 0 Å². The van der Waals surface area contributed by atoms with Crippen molar-refractivity contribution in [3.8, 4) is 0 Å². The zero-order valence-corrected chi connectivity index (χ0v) is 11.3. The Bertz CT molecular complexity index is 438. The Morgan fingerprint density at radius 1 is 1.22 bits per heavy atom. The molecular weight excluding hydrogens is 220 g/mol. The van der Waals surface area contributed by atoms with Crippen molar-refractivity contribution in [3.63, 3.8) is 0 Å². The van der Waals surface area contributed by atoms with Crippen molar-refractivity contribution in [2.75, 3.05) is 25.5 Å². The molecule has 0 spiro atoms.